The first-order valence-electron chi connectivity index (χ1n) is 4.99. The summed E-state index contributed by atoms with van der Waals surface area (Å²) in [6.07, 6.45) is 2.78. The van der Waals surface area contributed by atoms with E-state index >= 15 is 0 Å². The molecule has 2 aromatic heterocycles. The molecule has 16 heavy (non-hydrogen) atoms. The first-order chi connectivity index (χ1) is 7.69. The van der Waals surface area contributed by atoms with E-state index in [0.29, 0.717) is 11.4 Å². The van der Waals surface area contributed by atoms with Crippen LogP contribution in [0.2, 0.25) is 0 Å². The maximum absolute atomic E-state index is 11.0. The number of aldehydes is 1. The van der Waals surface area contributed by atoms with Crippen molar-refractivity contribution < 1.29 is 9.53 Å². The highest BCUT2D eigenvalue weighted by Gasteiger charge is 2.15. The Labute approximate surface area is 94.1 Å². The molecule has 0 radical (unpaired) electrons. The van der Waals surface area contributed by atoms with Crippen LogP contribution < -0.4 is 4.74 Å². The van der Waals surface area contributed by atoms with Crippen molar-refractivity contribution in [2.75, 3.05) is 7.11 Å². The van der Waals surface area contributed by atoms with Gasteiger partial charge in [0.1, 0.15) is 11.4 Å². The summed E-state index contributed by atoms with van der Waals surface area (Å²) >= 11 is 0. The van der Waals surface area contributed by atoms with Crippen LogP contribution >= 0.6 is 0 Å². The number of nitrogens with zero attached hydrogens (tertiary/aromatic N) is 2. The van der Waals surface area contributed by atoms with Crippen molar-refractivity contribution in [3.8, 4) is 17.1 Å². The summed E-state index contributed by atoms with van der Waals surface area (Å²) in [7, 11) is 5.39. The highest BCUT2D eigenvalue weighted by molar-refractivity contribution is 5.80. The van der Waals surface area contributed by atoms with Gasteiger partial charge in [0.15, 0.2) is 6.29 Å². The highest BCUT2D eigenvalue weighted by atomic mass is 16.5. The summed E-state index contributed by atoms with van der Waals surface area (Å²) < 4.78 is 9.01. The number of carbonyl (C=O) groups excluding carboxylic acids is 1. The van der Waals surface area contributed by atoms with Gasteiger partial charge in [0.05, 0.1) is 18.5 Å². The first-order valence-corrected chi connectivity index (χ1v) is 4.99. The minimum absolute atomic E-state index is 0.554. The zero-order valence-electron chi connectivity index (χ0n) is 9.60. The van der Waals surface area contributed by atoms with Crippen LogP contribution in [0.4, 0.5) is 0 Å². The molecule has 0 amide bonds. The normalized spacial score (nSPS) is 10.4. The second-order valence-electron chi connectivity index (χ2n) is 3.66. The lowest BCUT2D eigenvalue weighted by atomic mass is 10.3. The zero-order valence-corrected chi connectivity index (χ0v) is 9.60. The lowest BCUT2D eigenvalue weighted by Gasteiger charge is -2.05. The van der Waals surface area contributed by atoms with Crippen LogP contribution in [0.1, 0.15) is 10.5 Å². The quantitative estimate of drug-likeness (QED) is 0.737. The standard InChI is InChI=1S/C12H14N2O2/c1-13-6-4-5-9(13)10-7-12(16-3)11(8-15)14(10)2/h4-8H,1-3H3. The summed E-state index contributed by atoms with van der Waals surface area (Å²) in [5.74, 6) is 0.605. The van der Waals surface area contributed by atoms with E-state index in [2.05, 4.69) is 0 Å². The molecule has 84 valence electrons. The number of hydrogen-bond acceptors (Lipinski definition) is 2. The molecule has 0 fully saturated rings. The summed E-state index contributed by atoms with van der Waals surface area (Å²) in [4.78, 5) is 11.0. The lowest BCUT2D eigenvalue weighted by molar-refractivity contribution is 0.111. The number of aromatic nitrogens is 2. The Morgan fingerprint density at radius 2 is 2.06 bits per heavy atom. The molecule has 0 unspecified atom stereocenters. The van der Waals surface area contributed by atoms with Gasteiger partial charge in [0, 0.05) is 26.4 Å². The molecular weight excluding hydrogens is 204 g/mol. The third kappa shape index (κ3) is 1.43. The molecule has 4 heteroatoms. The molecule has 0 bridgehead atoms. The van der Waals surface area contributed by atoms with Gasteiger partial charge in [0.25, 0.3) is 0 Å². The summed E-state index contributed by atoms with van der Waals surface area (Å²) in [6.45, 7) is 0. The van der Waals surface area contributed by atoms with Crippen molar-refractivity contribution in [2.24, 2.45) is 14.1 Å². The molecule has 0 aliphatic heterocycles. The van der Waals surface area contributed by atoms with Crippen LogP contribution in [0.5, 0.6) is 5.75 Å². The average Bonchev–Trinajstić information content (AvgIpc) is 2.82. The Morgan fingerprint density at radius 1 is 1.31 bits per heavy atom. The van der Waals surface area contributed by atoms with E-state index in [0.717, 1.165) is 17.7 Å². The molecule has 2 rings (SSSR count). The van der Waals surface area contributed by atoms with Crippen molar-refractivity contribution in [2.45, 2.75) is 0 Å². The molecular formula is C12H14N2O2. The van der Waals surface area contributed by atoms with Crippen LogP contribution in [0.3, 0.4) is 0 Å². The molecule has 2 aromatic rings. The van der Waals surface area contributed by atoms with Crippen molar-refractivity contribution in [1.82, 2.24) is 9.13 Å². The number of ether oxygens (including phenoxy) is 1. The third-order valence-corrected chi connectivity index (χ3v) is 2.78. The van der Waals surface area contributed by atoms with Crippen molar-refractivity contribution >= 4 is 6.29 Å². The highest BCUT2D eigenvalue weighted by Crippen LogP contribution is 2.28. The third-order valence-electron chi connectivity index (χ3n) is 2.78. The molecule has 0 N–H and O–H groups in total. The van der Waals surface area contributed by atoms with Crippen molar-refractivity contribution in [1.29, 1.82) is 0 Å². The number of aryl methyl sites for hydroxylation is 1. The molecule has 0 saturated carbocycles. The SMILES string of the molecule is COc1cc(-c2cccn2C)n(C)c1C=O. The minimum Gasteiger partial charge on any atom is -0.494 e. The van der Waals surface area contributed by atoms with Gasteiger partial charge in [-0.25, -0.2) is 0 Å². The van der Waals surface area contributed by atoms with Crippen LogP contribution in [-0.4, -0.2) is 22.5 Å². The Balaban J connectivity index is 2.63. The van der Waals surface area contributed by atoms with Crippen molar-refractivity contribution in [3.05, 3.63) is 30.1 Å². The molecule has 0 aromatic carbocycles. The lowest BCUT2D eigenvalue weighted by Crippen LogP contribution is -2.00. The minimum atomic E-state index is 0.554. The fraction of sp³-hybridized carbons (Fsp3) is 0.250. The van der Waals surface area contributed by atoms with Gasteiger partial charge >= 0.3 is 0 Å². The number of rotatable bonds is 3. The number of carbonyl (C=O) groups is 1. The van der Waals surface area contributed by atoms with Crippen LogP contribution in [0.25, 0.3) is 11.4 Å². The van der Waals surface area contributed by atoms with Gasteiger partial charge in [-0.05, 0) is 12.1 Å². The predicted octanol–water partition coefficient (Wildman–Crippen LogP) is 1.85. The fourth-order valence-corrected chi connectivity index (χ4v) is 1.86. The maximum Gasteiger partial charge on any atom is 0.170 e. The largest absolute Gasteiger partial charge is 0.494 e. The Kier molecular flexibility index (Phi) is 2.56. The molecule has 2 heterocycles. The van der Waals surface area contributed by atoms with Gasteiger partial charge in [-0.2, -0.15) is 0 Å². The molecule has 0 saturated heterocycles. The van der Waals surface area contributed by atoms with Crippen LogP contribution in [0, 0.1) is 0 Å². The topological polar surface area (TPSA) is 36.2 Å². The van der Waals surface area contributed by atoms with E-state index in [1.54, 1.807) is 7.11 Å². The van der Waals surface area contributed by atoms with E-state index < -0.39 is 0 Å². The monoisotopic (exact) mass is 218 g/mol. The molecule has 4 nitrogen and oxygen atoms in total. The Hall–Kier alpha value is -1.97. The van der Waals surface area contributed by atoms with E-state index in [9.17, 15) is 4.79 Å². The van der Waals surface area contributed by atoms with E-state index in [1.807, 2.05) is 47.6 Å². The van der Waals surface area contributed by atoms with Gasteiger partial charge in [-0.3, -0.25) is 4.79 Å². The Morgan fingerprint density at radius 3 is 2.50 bits per heavy atom. The Bertz CT molecular complexity index is 523. The van der Waals surface area contributed by atoms with E-state index in [4.69, 9.17) is 4.74 Å². The fourth-order valence-electron chi connectivity index (χ4n) is 1.86. The first kappa shape index (κ1) is 10.5. The molecule has 0 aliphatic carbocycles. The summed E-state index contributed by atoms with van der Waals surface area (Å²) in [5.41, 5.74) is 2.57. The number of hydrogen-bond donors (Lipinski definition) is 0. The molecule has 0 spiro atoms. The summed E-state index contributed by atoms with van der Waals surface area (Å²) in [6, 6.07) is 5.85. The smallest absolute Gasteiger partial charge is 0.170 e. The predicted molar refractivity (Wildman–Crippen MR) is 61.8 cm³/mol. The van der Waals surface area contributed by atoms with Crippen LogP contribution in [0.15, 0.2) is 24.4 Å². The summed E-state index contributed by atoms with van der Waals surface area (Å²) in [5, 5.41) is 0. The van der Waals surface area contributed by atoms with Gasteiger partial charge < -0.3 is 13.9 Å². The maximum atomic E-state index is 11.0. The van der Waals surface area contributed by atoms with Gasteiger partial charge in [-0.15, -0.1) is 0 Å². The second kappa shape index (κ2) is 3.89. The van der Waals surface area contributed by atoms with Gasteiger partial charge in [-0.1, -0.05) is 0 Å². The zero-order chi connectivity index (χ0) is 11.7. The van der Waals surface area contributed by atoms with Crippen LogP contribution in [-0.2, 0) is 14.1 Å². The van der Waals surface area contributed by atoms with Crippen molar-refractivity contribution in [3.63, 3.8) is 0 Å². The molecule has 0 aliphatic rings. The van der Waals surface area contributed by atoms with E-state index in [-0.39, 0.29) is 0 Å². The van der Waals surface area contributed by atoms with Gasteiger partial charge in [0.2, 0.25) is 0 Å². The average molecular weight is 218 g/mol. The molecule has 0 atom stereocenters. The van der Waals surface area contributed by atoms with E-state index in [1.165, 1.54) is 0 Å². The number of methoxy groups -OCH3 is 1. The second-order valence-corrected chi connectivity index (χ2v) is 3.66.